The Hall–Kier alpha value is -10.5. The molecule has 4 heterocycles. The first-order valence-corrected chi connectivity index (χ1v) is 33.9. The molecule has 1 saturated heterocycles. The van der Waals surface area contributed by atoms with Gasteiger partial charge in [-0.15, -0.1) is 0 Å². The maximum Gasteiger partial charge on any atom is 0.494 e. The Morgan fingerprint density at radius 1 is 0.370 bits per heavy atom. The molecule has 0 bridgehead atoms. The summed E-state index contributed by atoms with van der Waals surface area (Å²) in [6, 6.07) is 104. The second-order valence-corrected chi connectivity index (χ2v) is 27.1. The number of para-hydroxylation sites is 4. The van der Waals surface area contributed by atoms with Crippen LogP contribution in [-0.4, -0.2) is 44.0 Å². The molecule has 18 rings (SSSR count). The number of halogens is 2. The van der Waals surface area contributed by atoms with Crippen molar-refractivity contribution >= 4 is 95.3 Å². The Balaban J connectivity index is 0.000000130. The highest BCUT2D eigenvalue weighted by atomic mass is 79.9. The Labute approximate surface area is 600 Å². The summed E-state index contributed by atoms with van der Waals surface area (Å²) < 4.78 is 18.1. The Morgan fingerprint density at radius 2 is 0.780 bits per heavy atom. The molecule has 0 spiro atoms. The van der Waals surface area contributed by atoms with E-state index in [9.17, 15) is 9.59 Å². The van der Waals surface area contributed by atoms with Crippen LogP contribution in [0, 0.1) is 0 Å². The van der Waals surface area contributed by atoms with Gasteiger partial charge in [-0.1, -0.05) is 268 Å². The minimum Gasteiger partial charge on any atom is -0.399 e. The van der Waals surface area contributed by atoms with E-state index in [2.05, 4.69) is 234 Å². The van der Waals surface area contributed by atoms with Crippen LogP contribution in [0.2, 0.25) is 5.15 Å². The van der Waals surface area contributed by atoms with Gasteiger partial charge in [0.25, 0.3) is 0 Å². The van der Waals surface area contributed by atoms with Crippen LogP contribution in [-0.2, 0) is 22.2 Å². The van der Waals surface area contributed by atoms with Gasteiger partial charge in [0.15, 0.2) is 11.6 Å². The van der Waals surface area contributed by atoms with Gasteiger partial charge >= 0.3 is 7.12 Å². The minimum absolute atomic E-state index is 0. The number of pyridine rings is 1. The Morgan fingerprint density at radius 3 is 1.33 bits per heavy atom. The summed E-state index contributed by atoms with van der Waals surface area (Å²) in [7, 11) is -0.353. The molecule has 0 radical (unpaired) electrons. The predicted molar refractivity (Wildman–Crippen MR) is 423 cm³/mol. The summed E-state index contributed by atoms with van der Waals surface area (Å²) in [6.07, 6.45) is 1.66. The normalized spacial score (nSPS) is 13.5. The summed E-state index contributed by atoms with van der Waals surface area (Å²) in [6.45, 7) is 8.36. The van der Waals surface area contributed by atoms with Gasteiger partial charge in [-0.3, -0.25) is 9.59 Å². The molecule has 0 saturated carbocycles. The highest BCUT2D eigenvalue weighted by Gasteiger charge is 2.51. The molecule has 7 nitrogen and oxygen atoms in total. The van der Waals surface area contributed by atoms with Crippen molar-refractivity contribution in [1.82, 2.24) is 14.1 Å². The van der Waals surface area contributed by atoms with Crippen molar-refractivity contribution in [3.63, 3.8) is 0 Å². The minimum atomic E-state index is -0.353. The molecule has 1 aliphatic heterocycles. The van der Waals surface area contributed by atoms with Gasteiger partial charge in [-0.2, -0.15) is 0 Å². The van der Waals surface area contributed by atoms with Gasteiger partial charge < -0.3 is 18.4 Å². The van der Waals surface area contributed by atoms with Crippen LogP contribution in [0.4, 0.5) is 0 Å². The number of rotatable bonds is 6. The highest BCUT2D eigenvalue weighted by molar-refractivity contribution is 9.10. The SMILES string of the molecule is C.C.C.CC1(C)OB(c2ccc3c(c2)c2ccccc2n3-c2ccccc2)OC1(C)C.Clc1cc(-c2ccccc2)cc(-c2ccccc2)n1.O=C1c2ccccc2Cc2ccc(-c3ccc4c(c3)c3ccccc3n4-c3ccccc3)cc21.O=C1c2ccccc2Cc2ccc(Br)cc21. The van der Waals surface area contributed by atoms with E-state index in [-0.39, 0.29) is 52.2 Å². The average molecular weight is 1390 g/mol. The van der Waals surface area contributed by atoms with Gasteiger partial charge in [0.05, 0.1) is 39.0 Å². The number of hydrogen-bond acceptors (Lipinski definition) is 5. The molecule has 10 heteroatoms. The van der Waals surface area contributed by atoms with Gasteiger partial charge in [-0.25, -0.2) is 4.98 Å². The molecule has 0 N–H and O–H groups in total. The zero-order valence-corrected chi connectivity index (χ0v) is 56.4. The first-order valence-electron chi connectivity index (χ1n) is 32.7. The van der Waals surface area contributed by atoms with Gasteiger partial charge in [0.2, 0.25) is 0 Å². The largest absolute Gasteiger partial charge is 0.494 e. The van der Waals surface area contributed by atoms with Crippen molar-refractivity contribution in [3.8, 4) is 44.9 Å². The molecule has 0 atom stereocenters. The molecule has 2 aliphatic carbocycles. The second-order valence-electron chi connectivity index (χ2n) is 25.8. The standard InChI is InChI=1S/C32H21NO.C24H24BNO2.C17H12ClN.C14H9BrO.3CH4/c34-32-26-11-5-4-8-23(26)18-24-15-14-21(19-28(24)32)22-16-17-31-29(20-22)27-12-6-7-13-30(27)33(31)25-9-2-1-3-10-25;1-23(2)24(3,4)28-25(27-23)17-14-15-22-20(16-17)19-12-8-9-13-21(19)26(22)18-10-6-5-7-11-18;18-17-12-15(13-7-3-1-4-8-13)11-16(19-17)14-9-5-2-6-10-14;15-11-6-5-10-7-9-3-1-2-4-12(9)14(16)13(10)8-11;;;/h1-17,19-20H,18H2;5-16H,1-4H3;1-12H;1-6,8H,7H2;3*1H4. The predicted octanol–water partition coefficient (Wildman–Crippen LogP) is 23.2. The van der Waals surface area contributed by atoms with Crippen molar-refractivity contribution < 1.29 is 18.9 Å². The summed E-state index contributed by atoms with van der Waals surface area (Å²) in [4.78, 5) is 29.9. The number of carbonyl (C=O) groups excluding carboxylic acids is 2. The third-order valence-electron chi connectivity index (χ3n) is 19.2. The topological polar surface area (TPSA) is 75.3 Å². The summed E-state index contributed by atoms with van der Waals surface area (Å²) in [5, 5.41) is 5.41. The van der Waals surface area contributed by atoms with E-state index in [1.54, 1.807) is 0 Å². The fourth-order valence-corrected chi connectivity index (χ4v) is 14.1. The monoisotopic (exact) mass is 1390 g/mol. The van der Waals surface area contributed by atoms with Gasteiger partial charge in [0, 0.05) is 65.2 Å². The third kappa shape index (κ3) is 13.5. The average Bonchev–Trinajstić information content (AvgIpc) is 1.42. The molecule has 1 fully saturated rings. The quantitative estimate of drug-likeness (QED) is 0.122. The Kier molecular flexibility index (Phi) is 20.2. The first kappa shape index (κ1) is 69.4. The lowest BCUT2D eigenvalue weighted by molar-refractivity contribution is 0.00578. The van der Waals surface area contributed by atoms with Crippen LogP contribution in [0.3, 0.4) is 0 Å². The second kappa shape index (κ2) is 29.1. The van der Waals surface area contributed by atoms with Crippen LogP contribution in [0.1, 0.15) is 104 Å². The van der Waals surface area contributed by atoms with E-state index in [0.717, 1.165) is 112 Å². The molecule has 0 amide bonds. The van der Waals surface area contributed by atoms with Crippen molar-refractivity contribution in [2.75, 3.05) is 0 Å². The summed E-state index contributed by atoms with van der Waals surface area (Å²) >= 11 is 9.54. The zero-order chi connectivity index (χ0) is 66.4. The molecule has 494 valence electrons. The molecular weight excluding hydrogens is 1310 g/mol. The number of aromatic nitrogens is 3. The smallest absolute Gasteiger partial charge is 0.399 e. The number of ketones is 2. The molecule has 0 unspecified atom stereocenters. The van der Waals surface area contributed by atoms with E-state index in [0.29, 0.717) is 5.15 Å². The van der Waals surface area contributed by atoms with E-state index >= 15 is 0 Å². The molecule has 3 aromatic heterocycles. The number of hydrogen-bond donors (Lipinski definition) is 0. The molecule has 3 aliphatic rings. The number of benzene rings is 12. The number of fused-ring (bicyclic) bond motifs is 10. The van der Waals surface area contributed by atoms with Crippen LogP contribution in [0.25, 0.3) is 88.5 Å². The van der Waals surface area contributed by atoms with E-state index in [4.69, 9.17) is 20.9 Å². The lowest BCUT2D eigenvalue weighted by Crippen LogP contribution is -2.41. The number of carbonyl (C=O) groups is 2. The third-order valence-corrected chi connectivity index (χ3v) is 19.9. The highest BCUT2D eigenvalue weighted by Crippen LogP contribution is 2.40. The fraction of sp³-hybridized carbons (Fsp3) is 0.122. The van der Waals surface area contributed by atoms with Crippen molar-refractivity contribution in [1.29, 1.82) is 0 Å². The Bertz CT molecular complexity index is 5420. The van der Waals surface area contributed by atoms with Crippen molar-refractivity contribution in [2.45, 2.75) is 74.0 Å². The van der Waals surface area contributed by atoms with Gasteiger partial charge in [-0.05, 0) is 175 Å². The molecule has 100 heavy (non-hydrogen) atoms. The maximum absolute atomic E-state index is 13.2. The van der Waals surface area contributed by atoms with E-state index in [1.807, 2.05) is 127 Å². The van der Waals surface area contributed by atoms with Crippen molar-refractivity contribution in [3.05, 3.63) is 357 Å². The summed E-state index contributed by atoms with van der Waals surface area (Å²) in [5.41, 5.74) is 21.6. The fourth-order valence-electron chi connectivity index (χ4n) is 13.6. The van der Waals surface area contributed by atoms with Crippen molar-refractivity contribution in [2.24, 2.45) is 0 Å². The van der Waals surface area contributed by atoms with Crippen LogP contribution in [0.5, 0.6) is 0 Å². The number of nitrogens with zero attached hydrogens (tertiary/aromatic N) is 3. The van der Waals surface area contributed by atoms with Crippen LogP contribution < -0.4 is 5.46 Å². The van der Waals surface area contributed by atoms with Gasteiger partial charge in [0.1, 0.15) is 5.15 Å². The molecule has 12 aromatic carbocycles. The van der Waals surface area contributed by atoms with E-state index in [1.165, 1.54) is 43.6 Å². The van der Waals surface area contributed by atoms with Crippen LogP contribution >= 0.6 is 27.5 Å². The lowest BCUT2D eigenvalue weighted by atomic mass is 9.78. The lowest BCUT2D eigenvalue weighted by Gasteiger charge is -2.32. The van der Waals surface area contributed by atoms with E-state index < -0.39 is 0 Å². The van der Waals surface area contributed by atoms with Crippen LogP contribution in [0.15, 0.2) is 308 Å². The molecular formula is C90H78BBrClN3O4. The summed E-state index contributed by atoms with van der Waals surface area (Å²) in [5.74, 6) is 0.263. The first-order chi connectivity index (χ1) is 47.2. The maximum atomic E-state index is 13.2. The molecule has 15 aromatic rings. The zero-order valence-electron chi connectivity index (χ0n) is 54.1.